The molecule has 1 aromatic heterocycles. The lowest BCUT2D eigenvalue weighted by Gasteiger charge is -2.46. The van der Waals surface area contributed by atoms with Crippen molar-refractivity contribution in [3.63, 3.8) is 0 Å². The Morgan fingerprint density at radius 1 is 1.22 bits per heavy atom. The molecular weight excluding hydrogens is 410 g/mol. The summed E-state index contributed by atoms with van der Waals surface area (Å²) >= 11 is 0. The van der Waals surface area contributed by atoms with Gasteiger partial charge in [-0.3, -0.25) is 19.1 Å². The molecule has 2 aliphatic rings. The predicted molar refractivity (Wildman–Crippen MR) is 119 cm³/mol. The van der Waals surface area contributed by atoms with E-state index in [1.54, 1.807) is 24.6 Å². The molecule has 0 saturated carbocycles. The SMILES string of the molecule is CCC1(C(=O)O)CN(CC(C)C)C2=C(CC(C)(C(=O)O)C(Cn3nc(C)cc3C)=C2)C1=O. The van der Waals surface area contributed by atoms with Gasteiger partial charge in [0, 0.05) is 30.1 Å². The van der Waals surface area contributed by atoms with Crippen molar-refractivity contribution < 1.29 is 24.6 Å². The van der Waals surface area contributed by atoms with Crippen LogP contribution in [-0.2, 0) is 20.9 Å². The molecule has 1 aliphatic carbocycles. The number of carboxylic acids is 2. The molecule has 0 saturated heterocycles. The molecule has 0 bridgehead atoms. The Kier molecular flexibility index (Phi) is 6.10. The maximum absolute atomic E-state index is 13.5. The van der Waals surface area contributed by atoms with Crippen molar-refractivity contribution in [1.29, 1.82) is 0 Å². The summed E-state index contributed by atoms with van der Waals surface area (Å²) < 4.78 is 1.78. The van der Waals surface area contributed by atoms with Crippen LogP contribution in [0.2, 0.25) is 0 Å². The van der Waals surface area contributed by atoms with E-state index in [0.717, 1.165) is 11.4 Å². The fourth-order valence-electron chi connectivity index (χ4n) is 4.84. The van der Waals surface area contributed by atoms with Crippen LogP contribution in [0.3, 0.4) is 0 Å². The number of aliphatic carboxylic acids is 2. The maximum Gasteiger partial charge on any atom is 0.319 e. The highest BCUT2D eigenvalue weighted by atomic mass is 16.4. The lowest BCUT2D eigenvalue weighted by atomic mass is 9.65. The molecule has 32 heavy (non-hydrogen) atoms. The first-order chi connectivity index (χ1) is 14.9. The van der Waals surface area contributed by atoms with Crippen LogP contribution in [0.4, 0.5) is 0 Å². The van der Waals surface area contributed by atoms with Crippen LogP contribution in [-0.4, -0.2) is 55.7 Å². The summed E-state index contributed by atoms with van der Waals surface area (Å²) in [5, 5.41) is 24.7. The minimum absolute atomic E-state index is 0.0365. The van der Waals surface area contributed by atoms with Gasteiger partial charge in [-0.2, -0.15) is 5.10 Å². The van der Waals surface area contributed by atoms with E-state index in [2.05, 4.69) is 5.10 Å². The van der Waals surface area contributed by atoms with Gasteiger partial charge in [0.2, 0.25) is 0 Å². The third kappa shape index (κ3) is 3.76. The second-order valence-electron chi connectivity index (χ2n) is 9.78. The first-order valence-corrected chi connectivity index (χ1v) is 11.1. The van der Waals surface area contributed by atoms with Gasteiger partial charge in [-0.25, -0.2) is 0 Å². The number of ketones is 1. The lowest BCUT2D eigenvalue weighted by Crippen LogP contribution is -2.55. The van der Waals surface area contributed by atoms with Gasteiger partial charge in [0.1, 0.15) is 5.41 Å². The number of allylic oxidation sites excluding steroid dienone is 2. The zero-order valence-electron chi connectivity index (χ0n) is 19.7. The summed E-state index contributed by atoms with van der Waals surface area (Å²) in [5.41, 5.74) is 0.487. The normalized spacial score (nSPS) is 25.8. The molecule has 0 fully saturated rings. The van der Waals surface area contributed by atoms with Gasteiger partial charge >= 0.3 is 11.9 Å². The van der Waals surface area contributed by atoms with E-state index >= 15 is 0 Å². The molecule has 2 N–H and O–H groups in total. The van der Waals surface area contributed by atoms with Crippen molar-refractivity contribution >= 4 is 17.7 Å². The molecule has 2 unspecified atom stereocenters. The van der Waals surface area contributed by atoms with Crippen molar-refractivity contribution in [3.8, 4) is 0 Å². The molecule has 0 radical (unpaired) electrons. The minimum Gasteiger partial charge on any atom is -0.481 e. The second kappa shape index (κ2) is 8.22. The van der Waals surface area contributed by atoms with Gasteiger partial charge in [-0.1, -0.05) is 20.8 Å². The van der Waals surface area contributed by atoms with E-state index in [9.17, 15) is 24.6 Å². The largest absolute Gasteiger partial charge is 0.481 e. The molecule has 1 aliphatic heterocycles. The number of hydrogen-bond donors (Lipinski definition) is 2. The molecule has 2 heterocycles. The Hall–Kier alpha value is -2.90. The van der Waals surface area contributed by atoms with Gasteiger partial charge in [0.25, 0.3) is 0 Å². The zero-order chi connectivity index (χ0) is 24.0. The Morgan fingerprint density at radius 2 is 1.88 bits per heavy atom. The van der Waals surface area contributed by atoms with Gasteiger partial charge in [-0.15, -0.1) is 0 Å². The third-order valence-electron chi connectivity index (χ3n) is 6.86. The number of rotatable bonds is 7. The third-order valence-corrected chi connectivity index (χ3v) is 6.86. The highest BCUT2D eigenvalue weighted by molar-refractivity contribution is 6.14. The van der Waals surface area contributed by atoms with Gasteiger partial charge in [0.15, 0.2) is 5.78 Å². The minimum atomic E-state index is -1.56. The Morgan fingerprint density at radius 3 is 2.34 bits per heavy atom. The van der Waals surface area contributed by atoms with Crippen LogP contribution in [0.5, 0.6) is 0 Å². The number of aromatic nitrogens is 2. The molecule has 0 aromatic carbocycles. The van der Waals surface area contributed by atoms with Crippen LogP contribution < -0.4 is 0 Å². The number of aryl methyl sites for hydroxylation is 2. The van der Waals surface area contributed by atoms with Crippen LogP contribution in [0.25, 0.3) is 0 Å². The smallest absolute Gasteiger partial charge is 0.319 e. The summed E-state index contributed by atoms with van der Waals surface area (Å²) in [6, 6.07) is 1.93. The zero-order valence-corrected chi connectivity index (χ0v) is 19.7. The Bertz CT molecular complexity index is 1030. The molecule has 8 heteroatoms. The number of nitrogens with zero attached hydrogens (tertiary/aromatic N) is 3. The molecule has 0 amide bonds. The van der Waals surface area contributed by atoms with E-state index in [0.29, 0.717) is 29.9 Å². The summed E-state index contributed by atoms with van der Waals surface area (Å²) in [6.45, 7) is 12.2. The van der Waals surface area contributed by atoms with Gasteiger partial charge < -0.3 is 15.1 Å². The standard InChI is InChI=1S/C24H33N3O5/c1-7-24(22(31)32)13-26(11-14(2)3)19-9-17(12-27-16(5)8-15(4)25-27)23(6,21(29)30)10-18(19)20(24)28/h8-9,14H,7,10-13H2,1-6H3,(H,29,30)(H,31,32). The Balaban J connectivity index is 2.19. The highest BCUT2D eigenvalue weighted by Gasteiger charge is 2.54. The van der Waals surface area contributed by atoms with E-state index in [-0.39, 0.29) is 25.3 Å². The van der Waals surface area contributed by atoms with Crippen molar-refractivity contribution in [2.24, 2.45) is 16.7 Å². The average molecular weight is 444 g/mol. The molecule has 0 spiro atoms. The molecule has 174 valence electrons. The molecule has 8 nitrogen and oxygen atoms in total. The number of carbonyl (C=O) groups is 3. The predicted octanol–water partition coefficient (Wildman–Crippen LogP) is 3.20. The summed E-state index contributed by atoms with van der Waals surface area (Å²) in [4.78, 5) is 40.2. The molecule has 1 aromatic rings. The van der Waals surface area contributed by atoms with Crippen molar-refractivity contribution in [3.05, 3.63) is 40.4 Å². The van der Waals surface area contributed by atoms with Crippen LogP contribution >= 0.6 is 0 Å². The summed E-state index contributed by atoms with van der Waals surface area (Å²) in [6.07, 6.45) is 1.91. The second-order valence-corrected chi connectivity index (χ2v) is 9.78. The lowest BCUT2D eigenvalue weighted by molar-refractivity contribution is -0.156. The number of carboxylic acid groups (broad SMARTS) is 2. The quantitative estimate of drug-likeness (QED) is 0.622. The fourth-order valence-corrected chi connectivity index (χ4v) is 4.84. The summed E-state index contributed by atoms with van der Waals surface area (Å²) in [5.74, 6) is -2.42. The van der Waals surface area contributed by atoms with Gasteiger partial charge in [0.05, 0.1) is 17.7 Å². The molecule has 3 rings (SSSR count). The van der Waals surface area contributed by atoms with Gasteiger partial charge in [-0.05, 0) is 57.2 Å². The van der Waals surface area contributed by atoms with Crippen LogP contribution in [0.15, 0.2) is 29.0 Å². The van der Waals surface area contributed by atoms with Crippen molar-refractivity contribution in [2.75, 3.05) is 13.1 Å². The van der Waals surface area contributed by atoms with E-state index < -0.39 is 28.6 Å². The number of Topliss-reactive ketones (excluding diaryl/α,β-unsaturated/α-hetero) is 1. The highest BCUT2D eigenvalue weighted by Crippen LogP contribution is 2.47. The Labute approximate surface area is 188 Å². The average Bonchev–Trinajstić information content (AvgIpc) is 3.01. The van der Waals surface area contributed by atoms with E-state index in [1.165, 1.54) is 0 Å². The van der Waals surface area contributed by atoms with E-state index in [1.807, 2.05) is 38.7 Å². The van der Waals surface area contributed by atoms with Crippen LogP contribution in [0, 0.1) is 30.6 Å². The number of hydrogen-bond acceptors (Lipinski definition) is 5. The maximum atomic E-state index is 13.5. The number of carbonyl (C=O) groups excluding carboxylic acids is 1. The van der Waals surface area contributed by atoms with Crippen molar-refractivity contribution in [2.45, 2.75) is 60.9 Å². The van der Waals surface area contributed by atoms with E-state index in [4.69, 9.17) is 0 Å². The fraction of sp³-hybridized carbons (Fsp3) is 0.583. The topological polar surface area (TPSA) is 113 Å². The van der Waals surface area contributed by atoms with Crippen LogP contribution in [0.1, 0.15) is 51.9 Å². The first kappa shape index (κ1) is 23.8. The molecule has 2 atom stereocenters. The first-order valence-electron chi connectivity index (χ1n) is 11.1. The molecular formula is C24H33N3O5. The van der Waals surface area contributed by atoms with Crippen molar-refractivity contribution in [1.82, 2.24) is 14.7 Å². The monoisotopic (exact) mass is 443 g/mol. The summed E-state index contributed by atoms with van der Waals surface area (Å²) in [7, 11) is 0.